The van der Waals surface area contributed by atoms with Gasteiger partial charge in [0.25, 0.3) is 5.91 Å². The summed E-state index contributed by atoms with van der Waals surface area (Å²) in [6.07, 6.45) is 3.52. The summed E-state index contributed by atoms with van der Waals surface area (Å²) in [4.78, 5) is 21.4. The number of rotatable bonds is 6. The molecule has 0 bridgehead atoms. The van der Waals surface area contributed by atoms with Gasteiger partial charge in [-0.2, -0.15) is 0 Å². The Morgan fingerprint density at radius 3 is 2.59 bits per heavy atom. The number of nitrogens with zero attached hydrogens (tertiary/aromatic N) is 3. The minimum atomic E-state index is -0.0322. The molecule has 6 nitrogen and oxygen atoms in total. The van der Waals surface area contributed by atoms with Gasteiger partial charge in [-0.25, -0.2) is 0 Å². The summed E-state index contributed by atoms with van der Waals surface area (Å²) in [5, 5.41) is 0. The summed E-state index contributed by atoms with van der Waals surface area (Å²) in [6.45, 7) is 1.15. The Balaban J connectivity index is 1.62. The Bertz CT molecular complexity index is 1010. The van der Waals surface area contributed by atoms with Gasteiger partial charge < -0.3 is 19.3 Å². The molecule has 0 aliphatic carbocycles. The number of aromatic nitrogens is 1. The average molecular weight is 389 g/mol. The van der Waals surface area contributed by atoms with Gasteiger partial charge in [0.2, 0.25) is 6.79 Å². The molecule has 3 aromatic rings. The van der Waals surface area contributed by atoms with Crippen molar-refractivity contribution in [3.8, 4) is 11.5 Å². The number of anilines is 1. The number of benzene rings is 2. The summed E-state index contributed by atoms with van der Waals surface area (Å²) in [5.41, 5.74) is 3.60. The molecule has 6 heteroatoms. The van der Waals surface area contributed by atoms with Gasteiger partial charge in [-0.3, -0.25) is 9.78 Å². The van der Waals surface area contributed by atoms with Crippen molar-refractivity contribution in [2.24, 2.45) is 0 Å². The Labute approximate surface area is 170 Å². The van der Waals surface area contributed by atoms with Crippen LogP contribution in [0.15, 0.2) is 67.0 Å². The van der Waals surface area contributed by atoms with Crippen LogP contribution in [0.25, 0.3) is 0 Å². The van der Waals surface area contributed by atoms with E-state index in [4.69, 9.17) is 9.47 Å². The molecule has 0 atom stereocenters. The van der Waals surface area contributed by atoms with Crippen LogP contribution in [0.5, 0.6) is 11.5 Å². The molecule has 29 heavy (non-hydrogen) atoms. The second kappa shape index (κ2) is 8.22. The van der Waals surface area contributed by atoms with Crippen molar-refractivity contribution in [1.29, 1.82) is 0 Å². The number of hydrogen-bond acceptors (Lipinski definition) is 5. The molecule has 0 fully saturated rings. The largest absolute Gasteiger partial charge is 0.454 e. The number of carbonyl (C=O) groups is 1. The van der Waals surface area contributed by atoms with Crippen LogP contribution in [0.2, 0.25) is 0 Å². The van der Waals surface area contributed by atoms with Crippen LogP contribution in [0, 0.1) is 0 Å². The highest BCUT2D eigenvalue weighted by Gasteiger charge is 2.20. The molecule has 0 N–H and O–H groups in total. The van der Waals surface area contributed by atoms with Crippen molar-refractivity contribution in [3.63, 3.8) is 0 Å². The summed E-state index contributed by atoms with van der Waals surface area (Å²) < 4.78 is 10.9. The first kappa shape index (κ1) is 18.8. The molecule has 0 spiro atoms. The zero-order valence-electron chi connectivity index (χ0n) is 16.5. The molecular formula is C23H23N3O3. The van der Waals surface area contributed by atoms with Crippen molar-refractivity contribution in [2.75, 3.05) is 25.8 Å². The maximum Gasteiger partial charge on any atom is 0.254 e. The Kier molecular flexibility index (Phi) is 5.33. The second-order valence-electron chi connectivity index (χ2n) is 7.15. The van der Waals surface area contributed by atoms with Gasteiger partial charge in [-0.05, 0) is 47.5 Å². The molecule has 1 aromatic heterocycles. The quantitative estimate of drug-likeness (QED) is 0.643. The molecule has 1 aliphatic heterocycles. The van der Waals surface area contributed by atoms with E-state index in [2.05, 4.69) is 4.98 Å². The van der Waals surface area contributed by atoms with Gasteiger partial charge in [-0.1, -0.05) is 18.2 Å². The Hall–Kier alpha value is -3.54. The van der Waals surface area contributed by atoms with Crippen molar-refractivity contribution in [3.05, 3.63) is 83.7 Å². The van der Waals surface area contributed by atoms with Gasteiger partial charge in [0.15, 0.2) is 11.5 Å². The van der Waals surface area contributed by atoms with E-state index in [0.29, 0.717) is 24.4 Å². The second-order valence-corrected chi connectivity index (χ2v) is 7.15. The predicted molar refractivity (Wildman–Crippen MR) is 111 cm³/mol. The lowest BCUT2D eigenvalue weighted by Crippen LogP contribution is -2.30. The standard InChI is InChI=1S/C23H23N3O3/c1-25(2)20-7-3-6-19(12-20)23(27)26(15-18-5-4-10-24-13-18)14-17-8-9-21-22(11-17)29-16-28-21/h3-13H,14-16H2,1-2H3. The maximum absolute atomic E-state index is 13.4. The lowest BCUT2D eigenvalue weighted by atomic mass is 10.1. The van der Waals surface area contributed by atoms with Gasteiger partial charge >= 0.3 is 0 Å². The third-order valence-electron chi connectivity index (χ3n) is 4.80. The van der Waals surface area contributed by atoms with E-state index in [1.165, 1.54) is 0 Å². The summed E-state index contributed by atoms with van der Waals surface area (Å²) >= 11 is 0. The first-order valence-corrected chi connectivity index (χ1v) is 9.44. The molecule has 0 unspecified atom stereocenters. The van der Waals surface area contributed by atoms with E-state index in [0.717, 1.165) is 22.6 Å². The molecule has 0 radical (unpaired) electrons. The highest BCUT2D eigenvalue weighted by Crippen LogP contribution is 2.33. The summed E-state index contributed by atoms with van der Waals surface area (Å²) in [7, 11) is 3.92. The van der Waals surface area contributed by atoms with E-state index in [9.17, 15) is 4.79 Å². The van der Waals surface area contributed by atoms with Crippen molar-refractivity contribution in [1.82, 2.24) is 9.88 Å². The minimum Gasteiger partial charge on any atom is -0.454 e. The smallest absolute Gasteiger partial charge is 0.254 e. The third kappa shape index (κ3) is 4.32. The monoisotopic (exact) mass is 389 g/mol. The molecular weight excluding hydrogens is 366 g/mol. The zero-order chi connectivity index (χ0) is 20.2. The number of amides is 1. The van der Waals surface area contributed by atoms with Gasteiger partial charge in [0.05, 0.1) is 0 Å². The fourth-order valence-corrected chi connectivity index (χ4v) is 3.27. The van der Waals surface area contributed by atoms with Crippen LogP contribution < -0.4 is 14.4 Å². The van der Waals surface area contributed by atoms with E-state index >= 15 is 0 Å². The normalized spacial score (nSPS) is 11.9. The van der Waals surface area contributed by atoms with E-state index in [-0.39, 0.29) is 12.7 Å². The van der Waals surface area contributed by atoms with Crippen LogP contribution in [0.1, 0.15) is 21.5 Å². The minimum absolute atomic E-state index is 0.0322. The summed E-state index contributed by atoms with van der Waals surface area (Å²) in [6, 6.07) is 17.3. The van der Waals surface area contributed by atoms with Crippen molar-refractivity contribution < 1.29 is 14.3 Å². The third-order valence-corrected chi connectivity index (χ3v) is 4.80. The number of carbonyl (C=O) groups excluding carboxylic acids is 1. The molecule has 2 aromatic carbocycles. The highest BCUT2D eigenvalue weighted by atomic mass is 16.7. The molecule has 2 heterocycles. The van der Waals surface area contributed by atoms with Crippen LogP contribution in [0.3, 0.4) is 0 Å². The lowest BCUT2D eigenvalue weighted by molar-refractivity contribution is 0.0729. The number of fused-ring (bicyclic) bond motifs is 1. The maximum atomic E-state index is 13.4. The van der Waals surface area contributed by atoms with Crippen molar-refractivity contribution in [2.45, 2.75) is 13.1 Å². The highest BCUT2D eigenvalue weighted by molar-refractivity contribution is 5.95. The average Bonchev–Trinajstić information content (AvgIpc) is 3.21. The van der Waals surface area contributed by atoms with Gasteiger partial charge in [0.1, 0.15) is 0 Å². The topological polar surface area (TPSA) is 54.9 Å². The fraction of sp³-hybridized carbons (Fsp3) is 0.217. The fourth-order valence-electron chi connectivity index (χ4n) is 3.27. The number of hydrogen-bond donors (Lipinski definition) is 0. The summed E-state index contributed by atoms with van der Waals surface area (Å²) in [5.74, 6) is 1.42. The van der Waals surface area contributed by atoms with E-state index in [1.807, 2.05) is 78.5 Å². The zero-order valence-corrected chi connectivity index (χ0v) is 16.5. The molecule has 0 saturated carbocycles. The molecule has 4 rings (SSSR count). The molecule has 1 aliphatic rings. The lowest BCUT2D eigenvalue weighted by Gasteiger charge is -2.24. The van der Waals surface area contributed by atoms with Gasteiger partial charge in [0, 0.05) is 50.8 Å². The van der Waals surface area contributed by atoms with Crippen LogP contribution >= 0.6 is 0 Å². The van der Waals surface area contributed by atoms with Crippen LogP contribution in [-0.4, -0.2) is 36.7 Å². The number of ether oxygens (including phenoxy) is 2. The first-order valence-electron chi connectivity index (χ1n) is 9.44. The predicted octanol–water partition coefficient (Wildman–Crippen LogP) is 3.72. The SMILES string of the molecule is CN(C)c1cccc(C(=O)N(Cc2cccnc2)Cc2ccc3c(c2)OCO3)c1. The van der Waals surface area contributed by atoms with Crippen molar-refractivity contribution >= 4 is 11.6 Å². The first-order chi connectivity index (χ1) is 14.1. The molecule has 1 amide bonds. The number of pyridine rings is 1. The Morgan fingerprint density at radius 2 is 1.79 bits per heavy atom. The van der Waals surface area contributed by atoms with Gasteiger partial charge in [-0.15, -0.1) is 0 Å². The van der Waals surface area contributed by atoms with Crippen LogP contribution in [0.4, 0.5) is 5.69 Å². The van der Waals surface area contributed by atoms with E-state index in [1.54, 1.807) is 12.4 Å². The molecule has 148 valence electrons. The van der Waals surface area contributed by atoms with E-state index < -0.39 is 0 Å². The molecule has 0 saturated heterocycles. The Morgan fingerprint density at radius 1 is 0.966 bits per heavy atom. The van der Waals surface area contributed by atoms with Crippen LogP contribution in [-0.2, 0) is 13.1 Å².